The number of alkyl halides is 2. The van der Waals surface area contributed by atoms with Gasteiger partial charge in [0.15, 0.2) is 9.84 Å². The third-order valence-electron chi connectivity index (χ3n) is 13.4. The van der Waals surface area contributed by atoms with Crippen molar-refractivity contribution in [2.75, 3.05) is 62.7 Å². The Hall–Kier alpha value is -4.10. The Morgan fingerprint density at radius 3 is 1.01 bits per heavy atom. The van der Waals surface area contributed by atoms with Gasteiger partial charge in [-0.25, -0.2) is 13.2 Å². The fourth-order valence-electron chi connectivity index (χ4n) is 7.54. The summed E-state index contributed by atoms with van der Waals surface area (Å²) in [5.41, 5.74) is -6.04. The van der Waals surface area contributed by atoms with Gasteiger partial charge < -0.3 is 38.1 Å². The molecule has 2 aromatic carbocycles. The number of carbonyl (C=O) groups is 4. The van der Waals surface area contributed by atoms with Crippen LogP contribution in [0.15, 0.2) is 257 Å². The Labute approximate surface area is 1030 Å². The average Bonchev–Trinajstić information content (AvgIpc) is 0.762. The van der Waals surface area contributed by atoms with E-state index in [-0.39, 0.29) is 161 Å². The maximum Gasteiger partial charge on any atom is 1.00 e. The summed E-state index contributed by atoms with van der Waals surface area (Å²) in [6, 6.07) is 9.45. The molecule has 1 atom stereocenters. The molecule has 0 heterocycles. The molecule has 2 N–H and O–H groups in total. The summed E-state index contributed by atoms with van der Waals surface area (Å²) in [7, 11) is -5.27. The van der Waals surface area contributed by atoms with Crippen molar-refractivity contribution in [2.45, 2.75) is 386 Å². The van der Waals surface area contributed by atoms with Gasteiger partial charge in [0.1, 0.15) is 22.0 Å². The van der Waals surface area contributed by atoms with Crippen molar-refractivity contribution in [1.29, 1.82) is 0 Å². The molecular weight excluding hydrogens is 2200 g/mol. The second-order valence-corrected chi connectivity index (χ2v) is 48.0. The van der Waals surface area contributed by atoms with E-state index < -0.39 is 302 Å². The first kappa shape index (κ1) is 71.7. The molecule has 0 fully saturated rings. The van der Waals surface area contributed by atoms with E-state index in [2.05, 4.69) is 83.1 Å². The van der Waals surface area contributed by atoms with Crippen molar-refractivity contribution in [1.82, 2.24) is 0 Å². The third-order valence-corrected chi connectivity index (χ3v) is 18.6. The van der Waals surface area contributed by atoms with E-state index in [9.17, 15) is 40.9 Å². The van der Waals surface area contributed by atoms with Gasteiger partial charge in [-0.15, -0.1) is 0 Å². The van der Waals surface area contributed by atoms with Gasteiger partial charge in [0.05, 0.1) is 51.9 Å². The molecule has 0 aliphatic rings. The Bertz CT molecular complexity index is 7050. The van der Waals surface area contributed by atoms with E-state index in [1.54, 1.807) is 83.1 Å². The van der Waals surface area contributed by atoms with Crippen LogP contribution in [0.3, 0.4) is 0 Å². The number of allylic oxidation sites excluding steroid dienone is 29. The van der Waals surface area contributed by atoms with Crippen molar-refractivity contribution < 1.29 is 199 Å². The number of hydrogen-bond donors (Lipinski definition) is 2. The summed E-state index contributed by atoms with van der Waals surface area (Å²) in [4.78, 5) is 59.8. The minimum atomic E-state index is -3.56. The number of hydrogen-bond acceptors (Lipinski definition) is 17. The van der Waals surface area contributed by atoms with Gasteiger partial charge in [-0.1, -0.05) is 278 Å². The molecule has 2 rings (SSSR count). The molecule has 0 aliphatic carbocycles. The van der Waals surface area contributed by atoms with E-state index >= 15 is 0 Å². The minimum absolute atomic E-state index is 0. The van der Waals surface area contributed by atoms with Gasteiger partial charge in [0.25, 0.3) is 0 Å². The molecule has 0 radical (unpaired) electrons. The molecule has 0 bridgehead atoms. The van der Waals surface area contributed by atoms with E-state index in [0.29, 0.717) is 60.2 Å². The quantitative estimate of drug-likeness (QED) is 0.00910. The smallest absolute Gasteiger partial charge is 0.768 e. The number of ketones is 2. The van der Waals surface area contributed by atoms with Gasteiger partial charge in [-0.05, 0) is 415 Å². The number of aliphatic hydroxyl groups excluding tert-OH is 2. The van der Waals surface area contributed by atoms with Crippen LogP contribution in [-0.2, 0) is 72.8 Å². The molecule has 0 aromatic heterocycles. The Morgan fingerprint density at radius 2 is 0.746 bits per heavy atom. The standard InChI is InChI=1S/C21H30O2S.C17H28O2.C15H25Br.C15H26O.C13H22O.C10H17Br.C7H17O3P.C6H10O3.C6H6O2S.CO2.CH4O.3CH4.Br3P.Na/c1-18(2)10-8-11-19(3)12-9-13-20(4)16-17-24(22,23)21-14-6-5-7-15-21;1-6-19-17(18)13-16(5)12-8-11-15(4)10-7-9-14(2)3;2*1-13(2)7-5-8-14(3)9-6-10-15(4)11-12-16;1-11(2)7-5-8-12(3)9-6-10-13(4)14;1-9(2)5-4-6-10(3)7-8-11;1-4-7-11(8,9-5-2)10-6-3;1-3-9-6(8)4-5(2)7;7-9(8)6-4-2-1-3-5-6;2-1-3;1-2;;;;1-4(2)3;/h5-7,10,12,14-16H,8-9,11,13,17H2,1-4H3;9,11,13H,6-8,10,12H2,1-5H3;7,9,11H,5-6,8,10,12H2,1-4H3;7,9,11,16H,5-6,8,10,12H2,1-4H3;7,9H,5-6,8,10H2,1-4H3;5,7H,4,6,8H2,1-3H3;4-7H2,1-3H3;3-4H2,1-2H3;1-5H,(H,7,8);;2H,1H3;3*1H4;;/q;;;;;;;;;;;;;;;+1/p-1/b19-12+,20-16+;15-11+,16-13+;2*14-9+,15-11+;12-9+;10-7+;;;;;;;;;;/i1D3,3D3,8D2,10D,11D2;2D3,4D3,7D2,9D,10D2;3*1D3,3D3,5D2,7D,8D2;1D3,3D3,4D2,5D,6D2;;;;;;;;;;/b18-10+,19-12+,20-16+;14-9+,15-11+,16-13+;2*13-7+,14-9+,15-11+;11-7+,12-9+;9-5+,10-7+;;;;;;;;;;. The number of Topliss-reactive ketones (excluding diaryl/α,β-unsaturated/α-hetero) is 2. The molecule has 0 amide bonds. The summed E-state index contributed by atoms with van der Waals surface area (Å²) in [6.07, 6.45) is -22.9. The van der Waals surface area contributed by atoms with Crippen molar-refractivity contribution in [3.05, 3.63) is 247 Å². The van der Waals surface area contributed by atoms with Crippen molar-refractivity contribution in [2.24, 2.45) is 0 Å². The van der Waals surface area contributed by atoms with Crippen molar-refractivity contribution >= 4 is 141 Å². The number of halogens is 5. The van der Waals surface area contributed by atoms with E-state index in [4.69, 9.17) is 124 Å². The van der Waals surface area contributed by atoms with Crippen LogP contribution in [0.25, 0.3) is 0 Å². The second-order valence-electron chi connectivity index (χ2n) is 26.3. The molecule has 0 saturated heterocycles. The summed E-state index contributed by atoms with van der Waals surface area (Å²) in [6.45, 7) is -9.08. The summed E-state index contributed by atoms with van der Waals surface area (Å²) in [5.74, 6) is -1.68. The molecule has 27 heteroatoms. The zero-order chi connectivity index (χ0) is 165. The van der Waals surface area contributed by atoms with Crippen LogP contribution in [0.5, 0.6) is 0 Å². The predicted molar refractivity (Wildman–Crippen MR) is 635 cm³/mol. The van der Waals surface area contributed by atoms with Gasteiger partial charge in [0, 0.05) is 124 Å². The molecule has 0 aliphatic heterocycles. The minimum Gasteiger partial charge on any atom is -0.768 e. The molecule has 1 unspecified atom stereocenters. The molecule has 142 heavy (non-hydrogen) atoms. The number of esters is 2. The average molecular weight is 2470 g/mol. The monoisotopic (exact) mass is 2460 g/mol. The molecule has 2 aromatic rings. The van der Waals surface area contributed by atoms with Crippen LogP contribution in [0, 0.1) is 0 Å². The van der Waals surface area contributed by atoms with Crippen LogP contribution in [0.4, 0.5) is 0 Å². The van der Waals surface area contributed by atoms with Crippen LogP contribution in [-0.4, -0.2) is 120 Å². The topological polar surface area (TPSA) is 271 Å². The van der Waals surface area contributed by atoms with Crippen LogP contribution >= 0.6 is 90.0 Å². The summed E-state index contributed by atoms with van der Waals surface area (Å²) < 4.78 is 583. The molecule has 816 valence electrons. The Kier molecular flexibility index (Phi) is 61.6. The predicted octanol–water partition coefficient (Wildman–Crippen LogP) is 34.6. The second kappa shape index (κ2) is 122. The number of rotatable bonds is 51. The fourth-order valence-corrected chi connectivity index (χ4v) is 11.7. The zero-order valence-corrected chi connectivity index (χ0v) is 95.9. The van der Waals surface area contributed by atoms with E-state index in [0.717, 1.165) is 103 Å². The first-order valence-electron chi connectivity index (χ1n) is 74.5. The first-order valence-corrected chi connectivity index (χ1v) is 55.6. The normalized spacial score (nSPS) is 22.0. The van der Waals surface area contributed by atoms with Crippen molar-refractivity contribution in [3.63, 3.8) is 0 Å². The molecule has 17 nitrogen and oxygen atoms in total. The van der Waals surface area contributed by atoms with Gasteiger partial charge in [-0.3, -0.25) is 18.4 Å². The van der Waals surface area contributed by atoms with Gasteiger partial charge in [-0.2, -0.15) is 9.59 Å². The number of carbonyl (C=O) groups excluding carboxylic acids is 6. The summed E-state index contributed by atoms with van der Waals surface area (Å²) in [5, 5.41) is 16.4. The van der Waals surface area contributed by atoms with Crippen molar-refractivity contribution in [3.8, 4) is 0 Å². The largest absolute Gasteiger partial charge is 1.00 e. The van der Waals surface area contributed by atoms with Crippen LogP contribution < -0.4 is 29.6 Å². The summed E-state index contributed by atoms with van der Waals surface area (Å²) >= 11 is 13.6. The Morgan fingerprint density at radius 1 is 0.458 bits per heavy atom. The maximum atomic E-state index is 12.4. The maximum absolute atomic E-state index is 12.4. The number of sulfone groups is 1. The number of benzene rings is 2. The number of aliphatic hydroxyl groups is 2. The third kappa shape index (κ3) is 149. The molecular formula is C115H196Br5NaO17P2S2. The first-order chi connectivity index (χ1) is 90.9. The fraction of sp³-hybridized carbons (Fsp3) is 0.574. The van der Waals surface area contributed by atoms with Crippen LogP contribution in [0.1, 0.15) is 466 Å². The van der Waals surface area contributed by atoms with E-state index in [1.165, 1.54) is 44.2 Å². The molecule has 0 saturated carbocycles. The number of ether oxygens (including phenoxy) is 2. The van der Waals surface area contributed by atoms with Gasteiger partial charge in [0.2, 0.25) is 0 Å². The Balaban J connectivity index is -0.000000172. The van der Waals surface area contributed by atoms with Crippen LogP contribution in [0.2, 0.25) is 0 Å². The van der Waals surface area contributed by atoms with E-state index in [1.807, 2.05) is 33.8 Å². The molecule has 0 spiro atoms. The SMILES string of the molecule is BrP(Br)Br.C.C.C.CCCP(=O)(OCC)OCC.CCOC(=O)CC(C)=O.CO.O=C=O.O=S([O-])c1ccccc1.[2H]/C(=C(\C)C([2H])([2H])[2H])C([2H])([2H])C([2H])([2H])/C(=C/CBr)C([2H])([2H])[2H].[2H]/C(=C(\C)C([2H])([2H])[2H])C([2H])([2H])C([2H])([2H])/C(=C/CC/C(C)=C/C(=O)OCC)C([2H])([2H])[2H].[2H]/C(=C(\C)C([2H])([2H])[2H])C([2H])([2H])C([2H])([2H])/C(=C/CC/C(C)=C/CBr)C([2H])([2H])[2H].[2H]/C(=C(\C)C([2H])([2H])[2H])C([2H])([2H])C([2H])([2H])/C(=C/CC/C(C)=C/CO)C([2H])([2H])[2H].[2H]/C(=C(\C)C([2H])([2H])[2H])C([2H])([2H])C([2H])([2H])/C(=C/CC/C(C)=C/CS(=O)(=O)c1ccccc1)C([2H])([2H])[2H].[2H]/C(=C(\C)C([2H])([2H])[2H])C([2H])([2H])C([2H])([2H])/C(=C/CCC(C)=O)C([2H])([2H])[2H].[Na+]. The van der Waals surface area contributed by atoms with Gasteiger partial charge >= 0.3 is 55.2 Å². The zero-order valence-electron chi connectivity index (χ0n) is 149.